The summed E-state index contributed by atoms with van der Waals surface area (Å²) in [6, 6.07) is 0. The third-order valence-corrected chi connectivity index (χ3v) is 2.12. The highest BCUT2D eigenvalue weighted by Crippen LogP contribution is 2.04. The number of aromatic nitrogens is 3. The third-order valence-electron chi connectivity index (χ3n) is 1.50. The lowest BCUT2D eigenvalue weighted by Gasteiger charge is -2.02. The summed E-state index contributed by atoms with van der Waals surface area (Å²) < 4.78 is 1.46. The maximum atomic E-state index is 10.2. The number of hydrogen-bond acceptors (Lipinski definition) is 5. The van der Waals surface area contributed by atoms with Crippen LogP contribution in [0.2, 0.25) is 0 Å². The monoisotopic (exact) mass is 202 g/mol. The zero-order valence-electron chi connectivity index (χ0n) is 7.12. The Morgan fingerprint density at radius 2 is 2.54 bits per heavy atom. The van der Waals surface area contributed by atoms with E-state index in [0.29, 0.717) is 18.2 Å². The Morgan fingerprint density at radius 1 is 1.85 bits per heavy atom. The van der Waals surface area contributed by atoms with E-state index >= 15 is 0 Å². The van der Waals surface area contributed by atoms with Gasteiger partial charge in [-0.1, -0.05) is 11.9 Å². The van der Waals surface area contributed by atoms with Gasteiger partial charge in [0.05, 0.1) is 6.54 Å². The van der Waals surface area contributed by atoms with Crippen LogP contribution in [0.15, 0.2) is 6.33 Å². The molecule has 1 unspecified atom stereocenters. The molecule has 0 aliphatic heterocycles. The molecule has 0 spiro atoms. The smallest absolute Gasteiger partial charge is 0.390 e. The van der Waals surface area contributed by atoms with Gasteiger partial charge in [0.15, 0.2) is 0 Å². The third kappa shape index (κ3) is 2.69. The van der Waals surface area contributed by atoms with Crippen LogP contribution in [0, 0.1) is 16.0 Å². The van der Waals surface area contributed by atoms with Crippen molar-refractivity contribution in [3.05, 3.63) is 16.4 Å². The lowest BCUT2D eigenvalue weighted by molar-refractivity contribution is -0.394. The molecule has 1 aromatic heterocycles. The van der Waals surface area contributed by atoms with E-state index in [1.807, 2.05) is 6.92 Å². The van der Waals surface area contributed by atoms with Crippen LogP contribution in [0.25, 0.3) is 0 Å². The lowest BCUT2D eigenvalue weighted by atomic mass is 10.2. The van der Waals surface area contributed by atoms with Gasteiger partial charge >= 0.3 is 5.95 Å². The summed E-state index contributed by atoms with van der Waals surface area (Å²) in [5.41, 5.74) is 0. The SMILES string of the molecule is CC(CS)Cn1cnc([N+](=O)[O-])n1. The maximum Gasteiger partial charge on any atom is 0.490 e. The fraction of sp³-hybridized carbons (Fsp3) is 0.667. The summed E-state index contributed by atoms with van der Waals surface area (Å²) in [6.45, 7) is 2.59. The van der Waals surface area contributed by atoms with Crippen molar-refractivity contribution in [2.45, 2.75) is 13.5 Å². The molecule has 6 nitrogen and oxygen atoms in total. The van der Waals surface area contributed by atoms with Crippen LogP contribution in [0.1, 0.15) is 6.92 Å². The van der Waals surface area contributed by atoms with E-state index in [9.17, 15) is 10.1 Å². The fourth-order valence-corrected chi connectivity index (χ4v) is 0.949. The van der Waals surface area contributed by atoms with Gasteiger partial charge in [0, 0.05) is 5.10 Å². The lowest BCUT2D eigenvalue weighted by Crippen LogP contribution is -2.09. The molecule has 0 saturated carbocycles. The van der Waals surface area contributed by atoms with Gasteiger partial charge in [-0.3, -0.25) is 0 Å². The Bertz CT molecular complexity index is 301. The number of nitro groups is 1. The Hall–Kier alpha value is -1.11. The van der Waals surface area contributed by atoms with Gasteiger partial charge in [0.25, 0.3) is 0 Å². The summed E-state index contributed by atoms with van der Waals surface area (Å²) in [5, 5.41) is 13.9. The van der Waals surface area contributed by atoms with Crippen molar-refractivity contribution in [3.8, 4) is 0 Å². The normalized spacial score (nSPS) is 12.8. The van der Waals surface area contributed by atoms with Crippen LogP contribution >= 0.6 is 12.6 Å². The van der Waals surface area contributed by atoms with Gasteiger partial charge in [0.2, 0.25) is 6.33 Å². The molecule has 0 amide bonds. The van der Waals surface area contributed by atoms with Crippen LogP contribution in [-0.2, 0) is 6.54 Å². The minimum atomic E-state index is -0.609. The second kappa shape index (κ2) is 4.22. The van der Waals surface area contributed by atoms with E-state index in [-0.39, 0.29) is 5.95 Å². The molecule has 0 radical (unpaired) electrons. The molecule has 0 aliphatic rings. The average molecular weight is 202 g/mol. The first-order valence-corrected chi connectivity index (χ1v) is 4.41. The summed E-state index contributed by atoms with van der Waals surface area (Å²) in [4.78, 5) is 13.1. The summed E-state index contributed by atoms with van der Waals surface area (Å²) in [5.74, 6) is 0.684. The first kappa shape index (κ1) is 9.97. The van der Waals surface area contributed by atoms with Crippen molar-refractivity contribution in [3.63, 3.8) is 0 Å². The second-order valence-corrected chi connectivity index (χ2v) is 3.18. The molecule has 1 atom stereocenters. The predicted octanol–water partition coefficient (Wildman–Crippen LogP) is 0.752. The van der Waals surface area contributed by atoms with E-state index < -0.39 is 4.92 Å². The van der Waals surface area contributed by atoms with E-state index in [1.165, 1.54) is 11.0 Å². The minimum absolute atomic E-state index is 0.324. The standard InChI is InChI=1S/C6H10N4O2S/c1-5(3-13)2-9-4-7-6(8-9)10(11)12/h4-5,13H,2-3H2,1H3. The van der Waals surface area contributed by atoms with Crippen LogP contribution < -0.4 is 0 Å². The molecule has 13 heavy (non-hydrogen) atoms. The van der Waals surface area contributed by atoms with Gasteiger partial charge in [0.1, 0.15) is 0 Å². The molecule has 0 fully saturated rings. The van der Waals surface area contributed by atoms with Crippen molar-refractivity contribution < 1.29 is 4.92 Å². The van der Waals surface area contributed by atoms with Gasteiger partial charge in [-0.05, 0) is 16.6 Å². The molecular formula is C6H10N4O2S. The first-order chi connectivity index (χ1) is 6.13. The van der Waals surface area contributed by atoms with Crippen molar-refractivity contribution in [1.82, 2.24) is 14.8 Å². The number of thiol groups is 1. The quantitative estimate of drug-likeness (QED) is 0.444. The van der Waals surface area contributed by atoms with Crippen LogP contribution in [0.5, 0.6) is 0 Å². The first-order valence-electron chi connectivity index (χ1n) is 3.78. The molecule has 0 aliphatic carbocycles. The molecule has 72 valence electrons. The molecule has 1 heterocycles. The average Bonchev–Trinajstić information content (AvgIpc) is 2.52. The summed E-state index contributed by atoms with van der Waals surface area (Å²) >= 11 is 4.10. The second-order valence-electron chi connectivity index (χ2n) is 2.81. The highest BCUT2D eigenvalue weighted by molar-refractivity contribution is 7.80. The van der Waals surface area contributed by atoms with Crippen LogP contribution in [0.3, 0.4) is 0 Å². The Morgan fingerprint density at radius 3 is 3.00 bits per heavy atom. The molecule has 1 rings (SSSR count). The van der Waals surface area contributed by atoms with Crippen LogP contribution in [0.4, 0.5) is 5.95 Å². The fourth-order valence-electron chi connectivity index (χ4n) is 0.833. The Balaban J connectivity index is 2.64. The summed E-state index contributed by atoms with van der Waals surface area (Å²) in [6.07, 6.45) is 1.36. The van der Waals surface area contributed by atoms with Crippen molar-refractivity contribution in [1.29, 1.82) is 0 Å². The molecular weight excluding hydrogens is 192 g/mol. The molecule has 0 aromatic carbocycles. The Labute approximate surface area is 80.5 Å². The van der Waals surface area contributed by atoms with Gasteiger partial charge in [-0.15, -0.1) is 0 Å². The van der Waals surface area contributed by atoms with E-state index in [0.717, 1.165) is 0 Å². The van der Waals surface area contributed by atoms with E-state index in [4.69, 9.17) is 0 Å². The zero-order valence-corrected chi connectivity index (χ0v) is 8.02. The maximum absolute atomic E-state index is 10.2. The zero-order chi connectivity index (χ0) is 9.84. The number of nitrogens with zero attached hydrogens (tertiary/aromatic N) is 4. The molecule has 0 N–H and O–H groups in total. The summed E-state index contributed by atoms with van der Waals surface area (Å²) in [7, 11) is 0. The minimum Gasteiger partial charge on any atom is -0.390 e. The Kier molecular flexibility index (Phi) is 3.24. The van der Waals surface area contributed by atoms with Gasteiger partial charge < -0.3 is 10.1 Å². The van der Waals surface area contributed by atoms with Gasteiger partial charge in [-0.25, -0.2) is 0 Å². The van der Waals surface area contributed by atoms with Crippen molar-refractivity contribution in [2.75, 3.05) is 5.75 Å². The topological polar surface area (TPSA) is 73.8 Å². The number of hydrogen-bond donors (Lipinski definition) is 1. The van der Waals surface area contributed by atoms with Gasteiger partial charge in [-0.2, -0.15) is 17.3 Å². The van der Waals surface area contributed by atoms with Crippen molar-refractivity contribution in [2.24, 2.45) is 5.92 Å². The highest BCUT2D eigenvalue weighted by atomic mass is 32.1. The molecule has 0 bridgehead atoms. The van der Waals surface area contributed by atoms with Crippen LogP contribution in [-0.4, -0.2) is 25.4 Å². The van der Waals surface area contributed by atoms with E-state index in [2.05, 4.69) is 22.7 Å². The molecule has 1 aromatic rings. The van der Waals surface area contributed by atoms with Crippen molar-refractivity contribution >= 4 is 18.6 Å². The predicted molar refractivity (Wildman–Crippen MR) is 49.7 cm³/mol. The van der Waals surface area contributed by atoms with E-state index in [1.54, 1.807) is 0 Å². The largest absolute Gasteiger partial charge is 0.490 e. The molecule has 0 saturated heterocycles. The highest BCUT2D eigenvalue weighted by Gasteiger charge is 2.13. The number of rotatable bonds is 4. The molecule has 7 heteroatoms.